The number of likely N-dealkylation sites (tertiary alicyclic amines) is 1. The highest BCUT2D eigenvalue weighted by atomic mass is 32.1. The Morgan fingerprint density at radius 2 is 1.43 bits per heavy atom. The summed E-state index contributed by atoms with van der Waals surface area (Å²) in [5, 5.41) is 0. The van der Waals surface area contributed by atoms with Crippen LogP contribution in [0, 0.1) is 5.92 Å². The fraction of sp³-hybridized carbons (Fsp3) is 0.417. The van der Waals surface area contributed by atoms with Gasteiger partial charge in [-0.25, -0.2) is 13.3 Å². The molecule has 1 aliphatic rings. The molecule has 0 N–H and O–H groups in total. The van der Waals surface area contributed by atoms with Crippen molar-refractivity contribution in [2.75, 3.05) is 13.1 Å². The van der Waals surface area contributed by atoms with Gasteiger partial charge in [-0.2, -0.15) is 0 Å². The smallest absolute Gasteiger partial charge is 0.299 e. The quantitative estimate of drug-likeness (QED) is 0.554. The summed E-state index contributed by atoms with van der Waals surface area (Å²) in [6.07, 6.45) is 4.50. The van der Waals surface area contributed by atoms with E-state index in [1.165, 1.54) is 23.0 Å². The molecular weight excluding hydrogens is 394 g/mol. The summed E-state index contributed by atoms with van der Waals surface area (Å²) in [4.78, 5) is 27.3. The van der Waals surface area contributed by atoms with Crippen molar-refractivity contribution in [3.8, 4) is 0 Å². The van der Waals surface area contributed by atoms with Gasteiger partial charge in [0.05, 0.1) is 6.54 Å². The first-order valence-corrected chi connectivity index (χ1v) is 11.6. The zero-order chi connectivity index (χ0) is 20.8. The number of benzene rings is 2. The molecule has 0 amide bonds. The second-order valence-corrected chi connectivity index (χ2v) is 9.13. The van der Waals surface area contributed by atoms with Crippen LogP contribution in [0.1, 0.15) is 36.8 Å². The van der Waals surface area contributed by atoms with Crippen LogP contribution in [0.25, 0.3) is 0 Å². The van der Waals surface area contributed by atoms with E-state index in [2.05, 4.69) is 35.2 Å². The van der Waals surface area contributed by atoms with Crippen molar-refractivity contribution in [1.82, 2.24) is 13.4 Å². The molecule has 0 aliphatic carbocycles. The van der Waals surface area contributed by atoms with Gasteiger partial charge in [0.15, 0.2) is 0 Å². The molecule has 0 bridgehead atoms. The zero-order valence-electron chi connectivity index (χ0n) is 17.3. The van der Waals surface area contributed by atoms with Crippen LogP contribution in [0.2, 0.25) is 0 Å². The maximum absolute atomic E-state index is 12.6. The average molecular weight is 424 g/mol. The largest absolute Gasteiger partial charge is 0.341 e. The van der Waals surface area contributed by atoms with E-state index < -0.39 is 0 Å². The van der Waals surface area contributed by atoms with Gasteiger partial charge in [0.25, 0.3) is 0 Å². The third kappa shape index (κ3) is 5.37. The number of rotatable bonds is 8. The van der Waals surface area contributed by atoms with E-state index in [9.17, 15) is 9.59 Å². The molecule has 1 aromatic heterocycles. The molecule has 0 atom stereocenters. The molecule has 0 radical (unpaired) electrons. The summed E-state index contributed by atoms with van der Waals surface area (Å²) in [5.74, 6) is 0.718. The van der Waals surface area contributed by atoms with Crippen molar-refractivity contribution >= 4 is 11.5 Å². The summed E-state index contributed by atoms with van der Waals surface area (Å²) >= 11 is 1.05. The van der Waals surface area contributed by atoms with E-state index in [-0.39, 0.29) is 10.6 Å². The van der Waals surface area contributed by atoms with Crippen LogP contribution < -0.4 is 10.6 Å². The Morgan fingerprint density at radius 3 is 2.07 bits per heavy atom. The maximum Gasteiger partial charge on any atom is 0.341 e. The van der Waals surface area contributed by atoms with Gasteiger partial charge >= 0.3 is 10.6 Å². The van der Waals surface area contributed by atoms with Crippen molar-refractivity contribution < 1.29 is 0 Å². The van der Waals surface area contributed by atoms with Crippen molar-refractivity contribution in [2.24, 2.45) is 5.92 Å². The molecule has 30 heavy (non-hydrogen) atoms. The summed E-state index contributed by atoms with van der Waals surface area (Å²) in [5.41, 5.74) is 2.18. The number of aromatic nitrogens is 2. The standard InChI is InChI=1S/C24H29N3O2S/c28-23-26(19-22-10-5-2-6-11-22)24(29)30-27(23)15-7-12-20-13-16-25(17-14-20)18-21-8-3-1-4-9-21/h1-6,8-11,20H,7,12-19H2. The Hall–Kier alpha value is -2.44. The van der Waals surface area contributed by atoms with Gasteiger partial charge in [0.2, 0.25) is 0 Å². The SMILES string of the molecule is O=c1sn(CCCC2CCN(Cc3ccccc3)CC2)c(=O)n1Cc1ccccc1. The first kappa shape index (κ1) is 20.8. The Labute approximate surface area is 181 Å². The first-order chi connectivity index (χ1) is 14.7. The van der Waals surface area contributed by atoms with E-state index >= 15 is 0 Å². The molecule has 0 unspecified atom stereocenters. The minimum absolute atomic E-state index is 0.168. The third-order valence-electron chi connectivity index (χ3n) is 5.97. The fourth-order valence-corrected chi connectivity index (χ4v) is 5.06. The lowest BCUT2D eigenvalue weighted by Gasteiger charge is -2.32. The molecule has 6 heteroatoms. The lowest BCUT2D eigenvalue weighted by atomic mass is 9.92. The van der Waals surface area contributed by atoms with E-state index in [0.717, 1.165) is 55.5 Å². The average Bonchev–Trinajstić information content (AvgIpc) is 3.04. The summed E-state index contributed by atoms with van der Waals surface area (Å²) < 4.78 is 2.98. The molecule has 0 saturated carbocycles. The Bertz CT molecular complexity index is 1030. The van der Waals surface area contributed by atoms with E-state index in [0.29, 0.717) is 13.1 Å². The molecular formula is C24H29N3O2S. The highest BCUT2D eigenvalue weighted by molar-refractivity contribution is 7.03. The van der Waals surface area contributed by atoms with E-state index in [4.69, 9.17) is 0 Å². The van der Waals surface area contributed by atoms with Gasteiger partial charge in [-0.1, -0.05) is 60.7 Å². The monoisotopic (exact) mass is 423 g/mol. The van der Waals surface area contributed by atoms with Crippen LogP contribution in [0.5, 0.6) is 0 Å². The predicted octanol–water partition coefficient (Wildman–Crippen LogP) is 3.81. The molecule has 2 heterocycles. The van der Waals surface area contributed by atoms with Crippen LogP contribution in [0.3, 0.4) is 0 Å². The number of piperidine rings is 1. The number of hydrogen-bond acceptors (Lipinski definition) is 4. The zero-order valence-corrected chi connectivity index (χ0v) is 18.1. The van der Waals surface area contributed by atoms with E-state index in [1.807, 2.05) is 30.3 Å². The van der Waals surface area contributed by atoms with Crippen LogP contribution in [0.4, 0.5) is 0 Å². The number of nitrogens with zero attached hydrogens (tertiary/aromatic N) is 3. The minimum atomic E-state index is -0.175. The van der Waals surface area contributed by atoms with Gasteiger partial charge in [0.1, 0.15) is 0 Å². The number of hydrogen-bond donors (Lipinski definition) is 0. The highest BCUT2D eigenvalue weighted by Crippen LogP contribution is 2.23. The van der Waals surface area contributed by atoms with Gasteiger partial charge < -0.3 is 0 Å². The van der Waals surface area contributed by atoms with Gasteiger partial charge in [0, 0.05) is 24.6 Å². The molecule has 4 rings (SSSR count). The van der Waals surface area contributed by atoms with E-state index in [1.54, 1.807) is 3.96 Å². The fourth-order valence-electron chi connectivity index (χ4n) is 4.23. The number of aryl methyl sites for hydroxylation is 1. The van der Waals surface area contributed by atoms with Gasteiger partial charge in [-0.05, 0) is 55.8 Å². The first-order valence-electron chi connectivity index (χ1n) is 10.8. The minimum Gasteiger partial charge on any atom is -0.299 e. The molecule has 1 saturated heterocycles. The van der Waals surface area contributed by atoms with Crippen LogP contribution >= 0.6 is 11.5 Å². The Morgan fingerprint density at radius 1 is 0.833 bits per heavy atom. The van der Waals surface area contributed by atoms with Gasteiger partial charge in [-0.15, -0.1) is 0 Å². The summed E-state index contributed by atoms with van der Waals surface area (Å²) in [6, 6.07) is 20.3. The molecule has 2 aromatic carbocycles. The molecule has 5 nitrogen and oxygen atoms in total. The van der Waals surface area contributed by atoms with Crippen LogP contribution in [-0.4, -0.2) is 26.5 Å². The molecule has 3 aromatic rings. The van der Waals surface area contributed by atoms with Crippen molar-refractivity contribution in [2.45, 2.75) is 45.3 Å². The third-order valence-corrected chi connectivity index (χ3v) is 6.90. The van der Waals surface area contributed by atoms with Crippen molar-refractivity contribution in [3.05, 3.63) is 91.9 Å². The lowest BCUT2D eigenvalue weighted by Crippen LogP contribution is -2.33. The topological polar surface area (TPSA) is 47.2 Å². The Balaban J connectivity index is 1.24. The van der Waals surface area contributed by atoms with Crippen molar-refractivity contribution in [3.63, 3.8) is 0 Å². The predicted molar refractivity (Wildman–Crippen MR) is 122 cm³/mol. The molecule has 1 aliphatic heterocycles. The summed E-state index contributed by atoms with van der Waals surface area (Å²) in [6.45, 7) is 4.30. The summed E-state index contributed by atoms with van der Waals surface area (Å²) in [7, 11) is 0. The highest BCUT2D eigenvalue weighted by Gasteiger charge is 2.19. The second-order valence-electron chi connectivity index (χ2n) is 8.16. The van der Waals surface area contributed by atoms with Crippen molar-refractivity contribution in [1.29, 1.82) is 0 Å². The van der Waals surface area contributed by atoms with Crippen LogP contribution in [0.15, 0.2) is 70.3 Å². The Kier molecular flexibility index (Phi) is 6.97. The van der Waals surface area contributed by atoms with Crippen LogP contribution in [-0.2, 0) is 19.6 Å². The molecule has 158 valence electrons. The molecule has 0 spiro atoms. The lowest BCUT2D eigenvalue weighted by molar-refractivity contribution is 0.170. The maximum atomic E-state index is 12.6. The van der Waals surface area contributed by atoms with Gasteiger partial charge in [-0.3, -0.25) is 9.69 Å². The second kappa shape index (κ2) is 10.0. The normalized spacial score (nSPS) is 15.5. The molecule has 1 fully saturated rings.